The Morgan fingerprint density at radius 3 is 2.20 bits per heavy atom. The van der Waals surface area contributed by atoms with E-state index in [1.54, 1.807) is 4.90 Å². The van der Waals surface area contributed by atoms with Gasteiger partial charge in [0.15, 0.2) is 0 Å². The second-order valence-electron chi connectivity index (χ2n) is 4.70. The van der Waals surface area contributed by atoms with Crippen LogP contribution in [-0.4, -0.2) is 52.2 Å². The van der Waals surface area contributed by atoms with E-state index in [9.17, 15) is 4.79 Å². The first-order chi connectivity index (χ1) is 6.92. The van der Waals surface area contributed by atoms with E-state index < -0.39 is 5.60 Å². The van der Waals surface area contributed by atoms with E-state index in [-0.39, 0.29) is 6.09 Å². The van der Waals surface area contributed by atoms with Crippen LogP contribution in [0.5, 0.6) is 0 Å². The number of alkyl halides is 1. The molecule has 1 fully saturated rings. The van der Waals surface area contributed by atoms with E-state index in [4.69, 9.17) is 4.74 Å². The van der Waals surface area contributed by atoms with Gasteiger partial charge < -0.3 is 9.64 Å². The van der Waals surface area contributed by atoms with Crippen LogP contribution in [0.3, 0.4) is 0 Å². The van der Waals surface area contributed by atoms with Crippen LogP contribution in [0.15, 0.2) is 0 Å². The molecule has 0 N–H and O–H groups in total. The Balaban J connectivity index is 2.37. The molecular weight excluding hydrogens is 307 g/mol. The third-order valence-corrected chi connectivity index (χ3v) is 3.16. The van der Waals surface area contributed by atoms with Crippen LogP contribution in [0, 0.1) is 0 Å². The molecule has 0 spiro atoms. The molecule has 0 aromatic heterocycles. The van der Waals surface area contributed by atoms with Crippen LogP contribution in [0.4, 0.5) is 4.79 Å². The quantitative estimate of drug-likeness (QED) is 0.419. The molecule has 0 aromatic rings. The molecule has 0 bridgehead atoms. The van der Waals surface area contributed by atoms with Gasteiger partial charge in [0.25, 0.3) is 0 Å². The van der Waals surface area contributed by atoms with E-state index in [0.29, 0.717) is 0 Å². The maximum absolute atomic E-state index is 11.7. The van der Waals surface area contributed by atoms with Gasteiger partial charge in [-0.05, 0) is 20.8 Å². The molecule has 1 aliphatic heterocycles. The number of rotatable bonds is 1. The Morgan fingerprint density at radius 1 is 1.27 bits per heavy atom. The fraction of sp³-hybridized carbons (Fsp3) is 0.900. The minimum Gasteiger partial charge on any atom is -0.444 e. The molecule has 0 unspecified atom stereocenters. The molecule has 5 heteroatoms. The van der Waals surface area contributed by atoms with E-state index in [1.165, 1.54) is 0 Å². The summed E-state index contributed by atoms with van der Waals surface area (Å²) >= 11 is 2.34. The number of piperazine rings is 1. The smallest absolute Gasteiger partial charge is 0.410 e. The topological polar surface area (TPSA) is 32.8 Å². The molecule has 0 atom stereocenters. The van der Waals surface area contributed by atoms with Crippen LogP contribution in [0.25, 0.3) is 0 Å². The van der Waals surface area contributed by atoms with E-state index in [1.807, 2.05) is 20.8 Å². The maximum atomic E-state index is 11.7. The van der Waals surface area contributed by atoms with Crippen molar-refractivity contribution in [3.63, 3.8) is 0 Å². The summed E-state index contributed by atoms with van der Waals surface area (Å²) in [5.41, 5.74) is -0.391. The van der Waals surface area contributed by atoms with Gasteiger partial charge in [-0.15, -0.1) is 0 Å². The van der Waals surface area contributed by atoms with Crippen LogP contribution in [-0.2, 0) is 4.74 Å². The molecule has 1 saturated heterocycles. The molecule has 1 amide bonds. The Labute approximate surface area is 105 Å². The van der Waals surface area contributed by atoms with Gasteiger partial charge in [0, 0.05) is 26.2 Å². The predicted molar refractivity (Wildman–Crippen MR) is 68.3 cm³/mol. The van der Waals surface area contributed by atoms with Crippen molar-refractivity contribution in [2.75, 3.05) is 30.7 Å². The highest BCUT2D eigenvalue weighted by Crippen LogP contribution is 2.12. The number of hydrogen-bond acceptors (Lipinski definition) is 3. The van der Waals surface area contributed by atoms with Crippen LogP contribution in [0.2, 0.25) is 0 Å². The molecule has 0 aromatic carbocycles. The monoisotopic (exact) mass is 326 g/mol. The van der Waals surface area contributed by atoms with Gasteiger partial charge in [-0.3, -0.25) is 4.90 Å². The molecule has 0 radical (unpaired) electrons. The second kappa shape index (κ2) is 5.34. The highest BCUT2D eigenvalue weighted by molar-refractivity contribution is 14.1. The van der Waals surface area contributed by atoms with E-state index >= 15 is 0 Å². The Hall–Kier alpha value is -0.0400. The Kier molecular flexibility index (Phi) is 4.64. The molecule has 0 saturated carbocycles. The van der Waals surface area contributed by atoms with Gasteiger partial charge in [-0.1, -0.05) is 22.6 Å². The third-order valence-electron chi connectivity index (χ3n) is 2.19. The summed E-state index contributed by atoms with van der Waals surface area (Å²) in [6.45, 7) is 9.13. The molecule has 15 heavy (non-hydrogen) atoms. The van der Waals surface area contributed by atoms with Crippen molar-refractivity contribution >= 4 is 28.7 Å². The molecule has 4 nitrogen and oxygen atoms in total. The van der Waals surface area contributed by atoms with Gasteiger partial charge in [-0.2, -0.15) is 0 Å². The fourth-order valence-electron chi connectivity index (χ4n) is 1.38. The fourth-order valence-corrected chi connectivity index (χ4v) is 2.06. The summed E-state index contributed by atoms with van der Waals surface area (Å²) < 4.78 is 6.34. The van der Waals surface area contributed by atoms with E-state index in [0.717, 1.165) is 30.7 Å². The number of ether oxygens (including phenoxy) is 1. The van der Waals surface area contributed by atoms with Crippen molar-refractivity contribution < 1.29 is 9.53 Å². The van der Waals surface area contributed by atoms with Crippen LogP contribution >= 0.6 is 22.6 Å². The zero-order valence-electron chi connectivity index (χ0n) is 9.62. The highest BCUT2D eigenvalue weighted by atomic mass is 127. The Bertz CT molecular complexity index is 220. The van der Waals surface area contributed by atoms with Crippen molar-refractivity contribution in [1.82, 2.24) is 9.80 Å². The first kappa shape index (κ1) is 13.0. The average Bonchev–Trinajstić information content (AvgIpc) is 2.15. The van der Waals surface area contributed by atoms with Gasteiger partial charge in [-0.25, -0.2) is 4.79 Å². The van der Waals surface area contributed by atoms with E-state index in [2.05, 4.69) is 27.5 Å². The zero-order chi connectivity index (χ0) is 11.5. The summed E-state index contributed by atoms with van der Waals surface area (Å²) in [4.78, 5) is 15.8. The minimum atomic E-state index is -0.391. The van der Waals surface area contributed by atoms with Gasteiger partial charge in [0.2, 0.25) is 0 Å². The first-order valence-corrected chi connectivity index (χ1v) is 6.71. The summed E-state index contributed by atoms with van der Waals surface area (Å²) in [6.07, 6.45) is -0.185. The molecule has 1 aliphatic rings. The first-order valence-electron chi connectivity index (χ1n) is 5.18. The number of carbonyl (C=O) groups is 1. The molecule has 0 aliphatic carbocycles. The highest BCUT2D eigenvalue weighted by Gasteiger charge is 2.25. The minimum absolute atomic E-state index is 0.185. The standard InChI is InChI=1S/C10H19IN2O2/c1-10(2,3)15-9(14)13-6-4-12(8-11)5-7-13/h4-8H2,1-3H3. The lowest BCUT2D eigenvalue weighted by Gasteiger charge is -2.34. The summed E-state index contributed by atoms with van der Waals surface area (Å²) in [5.74, 6) is 0. The SMILES string of the molecule is CC(C)(C)OC(=O)N1CCN(CI)CC1. The lowest BCUT2D eigenvalue weighted by Crippen LogP contribution is -2.49. The summed E-state index contributed by atoms with van der Waals surface area (Å²) in [7, 11) is 0. The third kappa shape index (κ3) is 4.55. The lowest BCUT2D eigenvalue weighted by atomic mass is 10.2. The number of hydrogen-bond donors (Lipinski definition) is 0. The van der Waals surface area contributed by atoms with Crippen molar-refractivity contribution in [2.45, 2.75) is 26.4 Å². The van der Waals surface area contributed by atoms with Gasteiger partial charge in [0.1, 0.15) is 5.60 Å². The average molecular weight is 326 g/mol. The normalized spacial score (nSPS) is 19.1. The van der Waals surface area contributed by atoms with Crippen molar-refractivity contribution in [1.29, 1.82) is 0 Å². The number of amides is 1. The summed E-state index contributed by atoms with van der Waals surface area (Å²) in [5, 5.41) is 0. The number of halogens is 1. The largest absolute Gasteiger partial charge is 0.444 e. The molecule has 1 heterocycles. The predicted octanol–water partition coefficient (Wildman–Crippen LogP) is 1.93. The van der Waals surface area contributed by atoms with Gasteiger partial charge >= 0.3 is 6.09 Å². The number of nitrogens with zero attached hydrogens (tertiary/aromatic N) is 2. The zero-order valence-corrected chi connectivity index (χ0v) is 11.8. The maximum Gasteiger partial charge on any atom is 0.410 e. The van der Waals surface area contributed by atoms with Crippen LogP contribution in [0.1, 0.15) is 20.8 Å². The molecule has 1 rings (SSSR count). The van der Waals surface area contributed by atoms with Gasteiger partial charge in [0.05, 0.1) is 4.55 Å². The molecule has 88 valence electrons. The van der Waals surface area contributed by atoms with Crippen molar-refractivity contribution in [3.05, 3.63) is 0 Å². The lowest BCUT2D eigenvalue weighted by molar-refractivity contribution is 0.0162. The Morgan fingerprint density at radius 2 is 1.80 bits per heavy atom. The van der Waals surface area contributed by atoms with Crippen molar-refractivity contribution in [2.24, 2.45) is 0 Å². The second-order valence-corrected chi connectivity index (χ2v) is 5.39. The summed E-state index contributed by atoms with van der Waals surface area (Å²) in [6, 6.07) is 0. The molecular formula is C10H19IN2O2. The number of carbonyl (C=O) groups excluding carboxylic acids is 1. The van der Waals surface area contributed by atoms with Crippen molar-refractivity contribution in [3.8, 4) is 0 Å². The van der Waals surface area contributed by atoms with Crippen LogP contribution < -0.4 is 0 Å².